The number of carboxylic acid groups (broad SMARTS) is 1. The lowest BCUT2D eigenvalue weighted by molar-refractivity contribution is -0.140. The minimum atomic E-state index is -0.971. The van der Waals surface area contributed by atoms with Crippen LogP contribution in [0.2, 0.25) is 0 Å². The molecule has 0 aliphatic carbocycles. The Kier molecular flexibility index (Phi) is 8.77. The van der Waals surface area contributed by atoms with E-state index in [4.69, 9.17) is 21.3 Å². The maximum Gasteiger partial charge on any atom is 0.333 e. The summed E-state index contributed by atoms with van der Waals surface area (Å²) < 4.78 is 4.84. The summed E-state index contributed by atoms with van der Waals surface area (Å²) in [7, 11) is 0. The Balaban J connectivity index is 3.92. The lowest BCUT2D eigenvalue weighted by atomic mass is 10.1. The number of nitrogens with one attached hydrogen (secondary N) is 1. The molecule has 8 nitrogen and oxygen atoms in total. The summed E-state index contributed by atoms with van der Waals surface area (Å²) in [6, 6.07) is -0.729. The van der Waals surface area contributed by atoms with Gasteiger partial charge in [-0.3, -0.25) is 9.79 Å². The SMILES string of the molecule is C=C(C)C(=O)OCCN[C@@H](CCCN=C(N)N)C(=O)O. The number of carbonyl (C=O) groups is 2. The Morgan fingerprint density at radius 1 is 1.45 bits per heavy atom. The number of nitrogens with zero attached hydrogens (tertiary/aromatic N) is 1. The highest BCUT2D eigenvalue weighted by Crippen LogP contribution is 1.98. The van der Waals surface area contributed by atoms with Gasteiger partial charge in [0.25, 0.3) is 0 Å². The monoisotopic (exact) mass is 286 g/mol. The smallest absolute Gasteiger partial charge is 0.333 e. The van der Waals surface area contributed by atoms with Crippen molar-refractivity contribution in [3.8, 4) is 0 Å². The summed E-state index contributed by atoms with van der Waals surface area (Å²) in [6.45, 7) is 5.69. The van der Waals surface area contributed by atoms with Crippen LogP contribution in [0.15, 0.2) is 17.1 Å². The predicted molar refractivity (Wildman–Crippen MR) is 75.1 cm³/mol. The van der Waals surface area contributed by atoms with E-state index < -0.39 is 18.0 Å². The lowest BCUT2D eigenvalue weighted by Crippen LogP contribution is -2.39. The lowest BCUT2D eigenvalue weighted by Gasteiger charge is -2.14. The summed E-state index contributed by atoms with van der Waals surface area (Å²) in [4.78, 5) is 25.9. The molecule has 0 radical (unpaired) electrons. The number of aliphatic imine (C=N–C) groups is 1. The number of esters is 1. The molecule has 0 aliphatic rings. The van der Waals surface area contributed by atoms with Crippen LogP contribution in [-0.4, -0.2) is 48.7 Å². The molecule has 0 aliphatic heterocycles. The van der Waals surface area contributed by atoms with Crippen LogP contribution in [0.25, 0.3) is 0 Å². The van der Waals surface area contributed by atoms with Crippen LogP contribution in [0.5, 0.6) is 0 Å². The number of hydrogen-bond donors (Lipinski definition) is 4. The Morgan fingerprint density at radius 3 is 2.60 bits per heavy atom. The number of aliphatic carboxylic acids is 1. The topological polar surface area (TPSA) is 140 Å². The molecule has 0 bridgehead atoms. The van der Waals surface area contributed by atoms with Crippen LogP contribution in [0, 0.1) is 0 Å². The van der Waals surface area contributed by atoms with Gasteiger partial charge in [0.1, 0.15) is 12.6 Å². The number of hydrogen-bond acceptors (Lipinski definition) is 5. The van der Waals surface area contributed by atoms with Crippen LogP contribution in [0.1, 0.15) is 19.8 Å². The van der Waals surface area contributed by atoms with Crippen molar-refractivity contribution in [3.63, 3.8) is 0 Å². The average molecular weight is 286 g/mol. The maximum absolute atomic E-state index is 11.1. The molecule has 0 saturated carbocycles. The molecule has 0 rings (SSSR count). The van der Waals surface area contributed by atoms with Gasteiger partial charge in [0, 0.05) is 18.7 Å². The van der Waals surface area contributed by atoms with E-state index in [1.54, 1.807) is 6.92 Å². The molecule has 1 atom stereocenters. The second-order valence-electron chi connectivity index (χ2n) is 4.21. The van der Waals surface area contributed by atoms with Crippen molar-refractivity contribution in [2.24, 2.45) is 16.5 Å². The second-order valence-corrected chi connectivity index (χ2v) is 4.21. The minimum Gasteiger partial charge on any atom is -0.480 e. The number of rotatable bonds is 10. The van der Waals surface area contributed by atoms with Crippen LogP contribution in [0.3, 0.4) is 0 Å². The van der Waals surface area contributed by atoms with Crippen molar-refractivity contribution in [1.29, 1.82) is 0 Å². The van der Waals surface area contributed by atoms with Gasteiger partial charge in [0.2, 0.25) is 0 Å². The fraction of sp³-hybridized carbons (Fsp3) is 0.583. The largest absolute Gasteiger partial charge is 0.480 e. The highest BCUT2D eigenvalue weighted by Gasteiger charge is 2.16. The quantitative estimate of drug-likeness (QED) is 0.135. The number of carboxylic acids is 1. The molecule has 0 aromatic carbocycles. The van der Waals surface area contributed by atoms with Crippen LogP contribution >= 0.6 is 0 Å². The second kappa shape index (κ2) is 9.79. The van der Waals surface area contributed by atoms with Gasteiger partial charge in [-0.15, -0.1) is 0 Å². The molecule has 6 N–H and O–H groups in total. The van der Waals surface area contributed by atoms with E-state index in [1.807, 2.05) is 0 Å². The van der Waals surface area contributed by atoms with Crippen LogP contribution in [-0.2, 0) is 14.3 Å². The van der Waals surface area contributed by atoms with Gasteiger partial charge in [-0.25, -0.2) is 4.79 Å². The first-order chi connectivity index (χ1) is 9.34. The molecular formula is C12H22N4O4. The number of nitrogens with two attached hydrogens (primary N) is 2. The van der Waals surface area contributed by atoms with Crippen molar-refractivity contribution >= 4 is 17.9 Å². The molecule has 0 aromatic rings. The predicted octanol–water partition coefficient (Wildman–Crippen LogP) is -0.798. The number of ether oxygens (including phenoxy) is 1. The van der Waals surface area contributed by atoms with Crippen LogP contribution in [0.4, 0.5) is 0 Å². The van der Waals surface area contributed by atoms with Gasteiger partial charge >= 0.3 is 11.9 Å². The van der Waals surface area contributed by atoms with Crippen molar-refractivity contribution in [2.75, 3.05) is 19.7 Å². The zero-order valence-corrected chi connectivity index (χ0v) is 11.6. The Hall–Kier alpha value is -2.09. The highest BCUT2D eigenvalue weighted by atomic mass is 16.5. The van der Waals surface area contributed by atoms with E-state index in [0.29, 0.717) is 25.0 Å². The molecule has 0 heterocycles. The first-order valence-electron chi connectivity index (χ1n) is 6.18. The zero-order valence-electron chi connectivity index (χ0n) is 11.6. The minimum absolute atomic E-state index is 0.0171. The molecule has 0 saturated heterocycles. The maximum atomic E-state index is 11.1. The van der Waals surface area contributed by atoms with E-state index in [9.17, 15) is 9.59 Å². The molecule has 0 amide bonds. The van der Waals surface area contributed by atoms with Gasteiger partial charge in [-0.1, -0.05) is 6.58 Å². The van der Waals surface area contributed by atoms with Gasteiger partial charge in [0.05, 0.1) is 0 Å². The molecule has 8 heteroatoms. The first-order valence-corrected chi connectivity index (χ1v) is 6.18. The molecule has 0 aromatic heterocycles. The van der Waals surface area contributed by atoms with E-state index in [0.717, 1.165) is 0 Å². The molecule has 0 unspecified atom stereocenters. The normalized spacial score (nSPS) is 11.4. The third-order valence-corrected chi connectivity index (χ3v) is 2.32. The van der Waals surface area contributed by atoms with E-state index >= 15 is 0 Å². The summed E-state index contributed by atoms with van der Waals surface area (Å²) in [5.41, 5.74) is 10.6. The number of guanidine groups is 1. The summed E-state index contributed by atoms with van der Waals surface area (Å²) >= 11 is 0. The van der Waals surface area contributed by atoms with E-state index in [-0.39, 0.29) is 19.1 Å². The van der Waals surface area contributed by atoms with Crippen LogP contribution < -0.4 is 16.8 Å². The Labute approximate surface area is 117 Å². The van der Waals surface area contributed by atoms with Gasteiger partial charge in [0.15, 0.2) is 5.96 Å². The van der Waals surface area contributed by atoms with E-state index in [1.165, 1.54) is 0 Å². The molecule has 20 heavy (non-hydrogen) atoms. The first kappa shape index (κ1) is 17.9. The number of carbonyl (C=O) groups excluding carboxylic acids is 1. The molecule has 0 spiro atoms. The van der Waals surface area contributed by atoms with Crippen molar-refractivity contribution in [3.05, 3.63) is 12.2 Å². The molecular weight excluding hydrogens is 264 g/mol. The van der Waals surface area contributed by atoms with E-state index in [2.05, 4.69) is 16.9 Å². The fourth-order valence-electron chi connectivity index (χ4n) is 1.32. The standard InChI is InChI=1S/C12H22N4O4/c1-8(2)11(19)20-7-6-15-9(10(17)18)4-3-5-16-12(13)14/h9,15H,1,3-7H2,2H3,(H,17,18)(H4,13,14,16)/t9-/m0/s1. The van der Waals surface area contributed by atoms with Gasteiger partial charge in [-0.2, -0.15) is 0 Å². The Morgan fingerprint density at radius 2 is 2.10 bits per heavy atom. The van der Waals surface area contributed by atoms with Crippen molar-refractivity contribution < 1.29 is 19.4 Å². The third kappa shape index (κ3) is 8.92. The third-order valence-electron chi connectivity index (χ3n) is 2.32. The van der Waals surface area contributed by atoms with Gasteiger partial charge in [-0.05, 0) is 19.8 Å². The average Bonchev–Trinajstić information content (AvgIpc) is 2.35. The molecule has 114 valence electrons. The summed E-state index contributed by atoms with van der Waals surface area (Å²) in [6.07, 6.45) is 0.911. The van der Waals surface area contributed by atoms with Crippen molar-refractivity contribution in [1.82, 2.24) is 5.32 Å². The van der Waals surface area contributed by atoms with Crippen molar-refractivity contribution in [2.45, 2.75) is 25.8 Å². The summed E-state index contributed by atoms with van der Waals surface area (Å²) in [5.74, 6) is -1.48. The highest BCUT2D eigenvalue weighted by molar-refractivity contribution is 5.86. The van der Waals surface area contributed by atoms with Gasteiger partial charge < -0.3 is 26.6 Å². The molecule has 0 fully saturated rings. The Bertz CT molecular complexity index is 378. The zero-order chi connectivity index (χ0) is 15.5. The fourth-order valence-corrected chi connectivity index (χ4v) is 1.32. The summed E-state index contributed by atoms with van der Waals surface area (Å²) in [5, 5.41) is 11.8.